The van der Waals surface area contributed by atoms with Crippen LogP contribution in [0.25, 0.3) is 0 Å². The van der Waals surface area contributed by atoms with Gasteiger partial charge in [0.15, 0.2) is 0 Å². The van der Waals surface area contributed by atoms with Crippen molar-refractivity contribution in [3.05, 3.63) is 57.9 Å². The van der Waals surface area contributed by atoms with E-state index in [0.29, 0.717) is 12.0 Å². The van der Waals surface area contributed by atoms with Gasteiger partial charge in [-0.25, -0.2) is 0 Å². The molecule has 0 aliphatic carbocycles. The van der Waals surface area contributed by atoms with Gasteiger partial charge in [0.1, 0.15) is 5.76 Å². The molecule has 0 fully saturated rings. The maximum absolute atomic E-state index is 11.4. The monoisotopic (exact) mass is 223 g/mol. The molecule has 0 saturated heterocycles. The molecule has 0 aliphatic heterocycles. The fourth-order valence-electron chi connectivity index (χ4n) is 1.35. The van der Waals surface area contributed by atoms with Gasteiger partial charge in [-0.15, -0.1) is 11.6 Å². The van der Waals surface area contributed by atoms with Crippen molar-refractivity contribution in [2.24, 2.45) is 0 Å². The zero-order chi connectivity index (χ0) is 10.7. The molecule has 0 aliphatic rings. The molecule has 2 aromatic rings. The van der Waals surface area contributed by atoms with Gasteiger partial charge < -0.3 is 9.40 Å². The van der Waals surface area contributed by atoms with Crippen molar-refractivity contribution in [3.8, 4) is 0 Å². The fraction of sp³-hybridized carbons (Fsp3) is 0.182. The molecular weight excluding hydrogens is 214 g/mol. The highest BCUT2D eigenvalue weighted by Gasteiger charge is 2.02. The molecule has 0 radical (unpaired) electrons. The average Bonchev–Trinajstić information content (AvgIpc) is 2.71. The Morgan fingerprint density at radius 1 is 1.33 bits per heavy atom. The van der Waals surface area contributed by atoms with E-state index in [9.17, 15) is 4.79 Å². The molecule has 1 N–H and O–H groups in total. The van der Waals surface area contributed by atoms with Gasteiger partial charge in [-0.3, -0.25) is 4.79 Å². The summed E-state index contributed by atoms with van der Waals surface area (Å²) < 4.78 is 5.19. The van der Waals surface area contributed by atoms with Crippen LogP contribution >= 0.6 is 11.6 Å². The van der Waals surface area contributed by atoms with Crippen molar-refractivity contribution < 1.29 is 4.42 Å². The number of hydrogen-bond donors (Lipinski definition) is 1. The van der Waals surface area contributed by atoms with Crippen molar-refractivity contribution in [3.63, 3.8) is 0 Å². The van der Waals surface area contributed by atoms with E-state index >= 15 is 0 Å². The zero-order valence-electron chi connectivity index (χ0n) is 8.00. The summed E-state index contributed by atoms with van der Waals surface area (Å²) in [4.78, 5) is 14.2. The number of H-pyrrole nitrogens is 1. The quantitative estimate of drug-likeness (QED) is 0.812. The predicted molar refractivity (Wildman–Crippen MR) is 58.1 cm³/mol. The van der Waals surface area contributed by atoms with Gasteiger partial charge in [0.05, 0.1) is 12.1 Å². The average molecular weight is 224 g/mol. The standard InChI is InChI=1S/C11H10ClNO2/c12-7-8-3-4-9(13-11(8)14)6-10-2-1-5-15-10/h1-5H,6-7H2,(H,13,14). The van der Waals surface area contributed by atoms with Gasteiger partial charge in [-0.05, 0) is 18.2 Å². The largest absolute Gasteiger partial charge is 0.469 e. The Labute approximate surface area is 91.7 Å². The van der Waals surface area contributed by atoms with Crippen LogP contribution in [0.5, 0.6) is 0 Å². The van der Waals surface area contributed by atoms with E-state index < -0.39 is 0 Å². The molecule has 78 valence electrons. The Hall–Kier alpha value is -1.48. The first-order valence-corrected chi connectivity index (χ1v) is 5.12. The van der Waals surface area contributed by atoms with Crippen LogP contribution < -0.4 is 5.56 Å². The van der Waals surface area contributed by atoms with Gasteiger partial charge >= 0.3 is 0 Å². The molecule has 2 rings (SSSR count). The lowest BCUT2D eigenvalue weighted by molar-refractivity contribution is 0.519. The Kier molecular flexibility index (Phi) is 2.92. The van der Waals surface area contributed by atoms with Crippen LogP contribution in [0.1, 0.15) is 17.0 Å². The number of rotatable bonds is 3. The SMILES string of the molecule is O=c1[nH]c(Cc2ccco2)ccc1CCl. The highest BCUT2D eigenvalue weighted by molar-refractivity contribution is 6.17. The molecule has 0 spiro atoms. The molecule has 0 saturated carbocycles. The predicted octanol–water partition coefficient (Wildman–Crippen LogP) is 2.30. The van der Waals surface area contributed by atoms with Crippen molar-refractivity contribution in [1.29, 1.82) is 0 Å². The molecule has 0 unspecified atom stereocenters. The van der Waals surface area contributed by atoms with Crippen LogP contribution in [-0.4, -0.2) is 4.98 Å². The zero-order valence-corrected chi connectivity index (χ0v) is 8.75. The van der Waals surface area contributed by atoms with Crippen LogP contribution in [0, 0.1) is 0 Å². The summed E-state index contributed by atoms with van der Waals surface area (Å²) in [5, 5.41) is 0. The Balaban J connectivity index is 2.24. The number of furan rings is 1. The molecule has 2 aromatic heterocycles. The summed E-state index contributed by atoms with van der Waals surface area (Å²) in [6.07, 6.45) is 2.20. The summed E-state index contributed by atoms with van der Waals surface area (Å²) in [6, 6.07) is 7.28. The van der Waals surface area contributed by atoms with Crippen LogP contribution in [-0.2, 0) is 12.3 Å². The summed E-state index contributed by atoms with van der Waals surface area (Å²) in [5.74, 6) is 1.06. The number of halogens is 1. The minimum Gasteiger partial charge on any atom is -0.469 e. The third-order valence-electron chi connectivity index (χ3n) is 2.14. The smallest absolute Gasteiger partial charge is 0.252 e. The third kappa shape index (κ3) is 2.30. The number of pyridine rings is 1. The van der Waals surface area contributed by atoms with E-state index in [1.807, 2.05) is 18.2 Å². The molecular formula is C11H10ClNO2. The van der Waals surface area contributed by atoms with E-state index in [4.69, 9.17) is 16.0 Å². The third-order valence-corrected chi connectivity index (χ3v) is 2.43. The second-order valence-corrected chi connectivity index (χ2v) is 3.49. The van der Waals surface area contributed by atoms with Gasteiger partial charge in [-0.1, -0.05) is 6.07 Å². The molecule has 15 heavy (non-hydrogen) atoms. The van der Waals surface area contributed by atoms with Crippen molar-refractivity contribution in [1.82, 2.24) is 4.98 Å². The summed E-state index contributed by atoms with van der Waals surface area (Å²) in [6.45, 7) is 0. The minimum absolute atomic E-state index is 0.131. The van der Waals surface area contributed by atoms with Gasteiger partial charge in [-0.2, -0.15) is 0 Å². The highest BCUT2D eigenvalue weighted by Crippen LogP contribution is 2.07. The normalized spacial score (nSPS) is 10.5. The number of alkyl halides is 1. The lowest BCUT2D eigenvalue weighted by Crippen LogP contribution is -2.13. The molecule has 0 amide bonds. The van der Waals surface area contributed by atoms with Crippen molar-refractivity contribution >= 4 is 11.6 Å². The van der Waals surface area contributed by atoms with Crippen LogP contribution in [0.3, 0.4) is 0 Å². The first kappa shape index (κ1) is 10.1. The highest BCUT2D eigenvalue weighted by atomic mass is 35.5. The summed E-state index contributed by atoms with van der Waals surface area (Å²) in [5.41, 5.74) is 1.28. The lowest BCUT2D eigenvalue weighted by atomic mass is 10.2. The molecule has 0 aromatic carbocycles. The van der Waals surface area contributed by atoms with Crippen LogP contribution in [0.4, 0.5) is 0 Å². The van der Waals surface area contributed by atoms with Gasteiger partial charge in [0.25, 0.3) is 5.56 Å². The number of aromatic nitrogens is 1. The molecule has 0 bridgehead atoms. The number of hydrogen-bond acceptors (Lipinski definition) is 2. The summed E-state index contributed by atoms with van der Waals surface area (Å²) >= 11 is 5.59. The Morgan fingerprint density at radius 3 is 2.80 bits per heavy atom. The van der Waals surface area contributed by atoms with Gasteiger partial charge in [0.2, 0.25) is 0 Å². The Morgan fingerprint density at radius 2 is 2.20 bits per heavy atom. The van der Waals surface area contributed by atoms with E-state index in [0.717, 1.165) is 11.5 Å². The van der Waals surface area contributed by atoms with E-state index in [1.54, 1.807) is 12.3 Å². The minimum atomic E-state index is -0.131. The van der Waals surface area contributed by atoms with Crippen LogP contribution in [0.2, 0.25) is 0 Å². The van der Waals surface area contributed by atoms with E-state index in [2.05, 4.69) is 4.98 Å². The lowest BCUT2D eigenvalue weighted by Gasteiger charge is -1.99. The van der Waals surface area contributed by atoms with Gasteiger partial charge in [0, 0.05) is 17.7 Å². The van der Waals surface area contributed by atoms with E-state index in [-0.39, 0.29) is 11.4 Å². The number of nitrogens with one attached hydrogen (secondary N) is 1. The first-order chi connectivity index (χ1) is 7.29. The fourth-order valence-corrected chi connectivity index (χ4v) is 1.56. The summed E-state index contributed by atoms with van der Waals surface area (Å²) in [7, 11) is 0. The molecule has 2 heterocycles. The van der Waals surface area contributed by atoms with E-state index in [1.165, 1.54) is 0 Å². The maximum Gasteiger partial charge on any atom is 0.252 e. The van der Waals surface area contributed by atoms with Crippen LogP contribution in [0.15, 0.2) is 39.7 Å². The maximum atomic E-state index is 11.4. The first-order valence-electron chi connectivity index (χ1n) is 4.59. The molecule has 4 heteroatoms. The Bertz CT molecular complexity index is 488. The van der Waals surface area contributed by atoms with Crippen molar-refractivity contribution in [2.45, 2.75) is 12.3 Å². The molecule has 0 atom stereocenters. The van der Waals surface area contributed by atoms with Crippen molar-refractivity contribution in [2.75, 3.05) is 0 Å². The topological polar surface area (TPSA) is 46.0 Å². The second kappa shape index (κ2) is 4.36. The number of aromatic amines is 1. The molecule has 3 nitrogen and oxygen atoms in total. The second-order valence-electron chi connectivity index (χ2n) is 3.23.